The number of hydrogen-bond acceptors (Lipinski definition) is 5. The summed E-state index contributed by atoms with van der Waals surface area (Å²) in [7, 11) is 0. The van der Waals surface area contributed by atoms with E-state index >= 15 is 0 Å². The maximum Gasteiger partial charge on any atom is 0.358 e. The summed E-state index contributed by atoms with van der Waals surface area (Å²) < 4.78 is 5.36. The molecule has 0 atom stereocenters. The molecule has 1 N–H and O–H groups in total. The monoisotopic (exact) mass is 363 g/mol. The third-order valence-corrected chi connectivity index (χ3v) is 4.51. The Labute approximate surface area is 155 Å². The summed E-state index contributed by atoms with van der Waals surface area (Å²) in [6.45, 7) is 3.11. The first-order chi connectivity index (χ1) is 13.1. The van der Waals surface area contributed by atoms with Gasteiger partial charge in [-0.1, -0.05) is 24.3 Å². The Bertz CT molecular complexity index is 957. The van der Waals surface area contributed by atoms with Crippen LogP contribution in [0.4, 0.5) is 11.4 Å². The van der Waals surface area contributed by atoms with E-state index in [0.717, 1.165) is 18.8 Å². The Morgan fingerprint density at radius 1 is 1.04 bits per heavy atom. The number of Topliss-reactive ketones (excluding diaryl/α,β-unsaturated/α-hetero) is 1. The molecule has 0 bridgehead atoms. The van der Waals surface area contributed by atoms with Crippen molar-refractivity contribution in [2.75, 3.05) is 31.2 Å². The molecule has 136 valence electrons. The molecule has 1 saturated heterocycles. The molecule has 0 spiro atoms. The van der Waals surface area contributed by atoms with Gasteiger partial charge in [0.05, 0.1) is 18.9 Å². The van der Waals surface area contributed by atoms with Crippen molar-refractivity contribution in [3.05, 3.63) is 59.7 Å². The summed E-state index contributed by atoms with van der Waals surface area (Å²) >= 11 is 0. The number of fused-ring (bicyclic) bond motifs is 1. The topological polar surface area (TPSA) is 91.6 Å². The van der Waals surface area contributed by atoms with E-state index in [9.17, 15) is 14.7 Å². The van der Waals surface area contributed by atoms with Gasteiger partial charge >= 0.3 is 5.97 Å². The van der Waals surface area contributed by atoms with Gasteiger partial charge in [0, 0.05) is 29.9 Å². The van der Waals surface area contributed by atoms with Crippen LogP contribution in [-0.2, 0) is 9.53 Å². The summed E-state index contributed by atoms with van der Waals surface area (Å²) in [5, 5.41) is 9.28. The number of rotatable bonds is 3. The van der Waals surface area contributed by atoms with E-state index in [4.69, 9.17) is 4.74 Å². The van der Waals surface area contributed by atoms with Crippen molar-refractivity contribution in [2.45, 2.75) is 0 Å². The number of hydrogen-bond donors (Lipinski definition) is 1. The van der Waals surface area contributed by atoms with Crippen molar-refractivity contribution in [2.24, 2.45) is 9.98 Å². The Balaban J connectivity index is 1.69. The third-order valence-electron chi connectivity index (χ3n) is 4.51. The van der Waals surface area contributed by atoms with Crippen LogP contribution in [0.3, 0.4) is 0 Å². The van der Waals surface area contributed by atoms with Gasteiger partial charge in [-0.3, -0.25) is 4.79 Å². The van der Waals surface area contributed by atoms with E-state index in [2.05, 4.69) is 14.9 Å². The molecule has 2 aliphatic rings. The van der Waals surface area contributed by atoms with E-state index < -0.39 is 17.5 Å². The minimum atomic E-state index is -1.36. The van der Waals surface area contributed by atoms with Gasteiger partial charge in [0.15, 0.2) is 11.5 Å². The van der Waals surface area contributed by atoms with Gasteiger partial charge in [0.25, 0.3) is 0 Å². The number of carboxylic acid groups (broad SMARTS) is 1. The molecule has 0 radical (unpaired) electrons. The molecule has 2 aromatic carbocycles. The molecule has 0 saturated carbocycles. The zero-order valence-corrected chi connectivity index (χ0v) is 14.5. The van der Waals surface area contributed by atoms with Crippen LogP contribution in [0.1, 0.15) is 15.9 Å². The smallest absolute Gasteiger partial charge is 0.358 e. The largest absolute Gasteiger partial charge is 0.476 e. The predicted molar refractivity (Wildman–Crippen MR) is 102 cm³/mol. The fraction of sp³-hybridized carbons (Fsp3) is 0.200. The van der Waals surface area contributed by atoms with Crippen LogP contribution in [0.2, 0.25) is 0 Å². The average Bonchev–Trinajstić information content (AvgIpc) is 2.71. The van der Waals surface area contributed by atoms with Crippen LogP contribution in [0.25, 0.3) is 0 Å². The van der Waals surface area contributed by atoms with Crippen LogP contribution in [0, 0.1) is 0 Å². The number of benzene rings is 2. The Morgan fingerprint density at radius 2 is 1.70 bits per heavy atom. The predicted octanol–water partition coefficient (Wildman–Crippen LogP) is 2.32. The molecule has 2 aliphatic heterocycles. The number of morpholine rings is 1. The molecule has 7 nitrogen and oxygen atoms in total. The third kappa shape index (κ3) is 3.37. The molecule has 0 amide bonds. The van der Waals surface area contributed by atoms with Gasteiger partial charge in [-0.15, -0.1) is 0 Å². The summed E-state index contributed by atoms with van der Waals surface area (Å²) in [5.74, 6) is -1.73. The van der Waals surface area contributed by atoms with E-state index in [1.807, 2.05) is 24.3 Å². The minimum Gasteiger partial charge on any atom is -0.476 e. The Morgan fingerprint density at radius 3 is 2.37 bits per heavy atom. The van der Waals surface area contributed by atoms with E-state index in [1.54, 1.807) is 24.3 Å². The average molecular weight is 363 g/mol. The summed E-state index contributed by atoms with van der Waals surface area (Å²) in [6.07, 6.45) is 0. The molecule has 0 unspecified atom stereocenters. The quantitative estimate of drug-likeness (QED) is 0.904. The van der Waals surface area contributed by atoms with Crippen molar-refractivity contribution >= 4 is 34.7 Å². The van der Waals surface area contributed by atoms with Crippen molar-refractivity contribution < 1.29 is 19.4 Å². The molecule has 0 aliphatic carbocycles. The van der Waals surface area contributed by atoms with Crippen LogP contribution in [0.15, 0.2) is 58.5 Å². The van der Waals surface area contributed by atoms with Crippen LogP contribution in [-0.4, -0.2) is 54.7 Å². The van der Waals surface area contributed by atoms with Crippen LogP contribution < -0.4 is 4.90 Å². The number of amidine groups is 1. The lowest BCUT2D eigenvalue weighted by molar-refractivity contribution is -0.129. The molecule has 4 rings (SSSR count). The highest BCUT2D eigenvalue weighted by Crippen LogP contribution is 2.24. The number of carboxylic acids is 1. The van der Waals surface area contributed by atoms with Gasteiger partial charge in [0.2, 0.25) is 5.78 Å². The SMILES string of the molecule is O=C(O)C1=NC(=Nc2ccc(N3CCOCC3)cc2)c2ccccc2C1=O. The number of aliphatic carboxylic acids is 1. The van der Waals surface area contributed by atoms with E-state index in [-0.39, 0.29) is 5.84 Å². The Hall–Kier alpha value is -3.32. The zero-order valence-electron chi connectivity index (χ0n) is 14.5. The van der Waals surface area contributed by atoms with Crippen molar-refractivity contribution in [1.82, 2.24) is 0 Å². The van der Waals surface area contributed by atoms with Crippen molar-refractivity contribution in [3.8, 4) is 0 Å². The Kier molecular flexibility index (Phi) is 4.52. The zero-order chi connectivity index (χ0) is 18.8. The normalized spacial score (nSPS) is 18.2. The highest BCUT2D eigenvalue weighted by Gasteiger charge is 2.30. The van der Waals surface area contributed by atoms with Gasteiger partial charge in [-0.25, -0.2) is 14.8 Å². The first-order valence-electron chi connectivity index (χ1n) is 8.61. The summed E-state index contributed by atoms with van der Waals surface area (Å²) in [4.78, 5) is 34.4. The van der Waals surface area contributed by atoms with Crippen molar-refractivity contribution in [1.29, 1.82) is 0 Å². The molecular weight excluding hydrogens is 346 g/mol. The second kappa shape index (κ2) is 7.13. The number of carbonyl (C=O) groups excluding carboxylic acids is 1. The summed E-state index contributed by atoms with van der Waals surface area (Å²) in [6, 6.07) is 14.4. The van der Waals surface area contributed by atoms with E-state index in [0.29, 0.717) is 30.0 Å². The number of carbonyl (C=O) groups is 2. The first-order valence-corrected chi connectivity index (χ1v) is 8.61. The standard InChI is InChI=1S/C20H17N3O4/c24-18-15-3-1-2-4-16(15)19(22-17(18)20(25)26)21-13-5-7-14(8-6-13)23-9-11-27-12-10-23/h1-8H,9-12H2,(H,25,26). The maximum absolute atomic E-state index is 12.3. The number of anilines is 1. The highest BCUT2D eigenvalue weighted by molar-refractivity contribution is 6.69. The van der Waals surface area contributed by atoms with Gasteiger partial charge in [0.1, 0.15) is 0 Å². The molecule has 1 fully saturated rings. The van der Waals surface area contributed by atoms with Gasteiger partial charge < -0.3 is 14.7 Å². The van der Waals surface area contributed by atoms with Gasteiger partial charge in [-0.2, -0.15) is 0 Å². The van der Waals surface area contributed by atoms with E-state index in [1.165, 1.54) is 0 Å². The lowest BCUT2D eigenvalue weighted by Gasteiger charge is -2.28. The fourth-order valence-electron chi connectivity index (χ4n) is 3.13. The van der Waals surface area contributed by atoms with Crippen molar-refractivity contribution in [3.63, 3.8) is 0 Å². The molecule has 2 aromatic rings. The number of ketones is 1. The highest BCUT2D eigenvalue weighted by atomic mass is 16.5. The number of ether oxygens (including phenoxy) is 1. The minimum absolute atomic E-state index is 0.224. The van der Waals surface area contributed by atoms with Crippen LogP contribution >= 0.6 is 0 Å². The molecule has 2 heterocycles. The first kappa shape index (κ1) is 17.1. The number of aliphatic imine (C=N–C) groups is 2. The molecule has 27 heavy (non-hydrogen) atoms. The van der Waals surface area contributed by atoms with Crippen LogP contribution in [0.5, 0.6) is 0 Å². The molecule has 0 aromatic heterocycles. The summed E-state index contributed by atoms with van der Waals surface area (Å²) in [5.41, 5.74) is 2.03. The molecule has 7 heteroatoms. The number of nitrogens with zero attached hydrogens (tertiary/aromatic N) is 3. The lowest BCUT2D eigenvalue weighted by atomic mass is 9.96. The van der Waals surface area contributed by atoms with Gasteiger partial charge in [-0.05, 0) is 24.3 Å². The second-order valence-corrected chi connectivity index (χ2v) is 6.19. The molecular formula is C20H17N3O4. The maximum atomic E-state index is 12.3. The lowest BCUT2D eigenvalue weighted by Crippen LogP contribution is -2.36. The second-order valence-electron chi connectivity index (χ2n) is 6.19. The fourth-order valence-corrected chi connectivity index (χ4v) is 3.13.